The topological polar surface area (TPSA) is 85.4 Å². The van der Waals surface area contributed by atoms with E-state index in [1.807, 2.05) is 30.3 Å². The number of carbonyl (C=O) groups excluding carboxylic acids is 1. The number of benzene rings is 2. The van der Waals surface area contributed by atoms with Crippen molar-refractivity contribution in [3.8, 4) is 0 Å². The van der Waals surface area contributed by atoms with Crippen LogP contribution < -0.4 is 20.9 Å². The fourth-order valence-corrected chi connectivity index (χ4v) is 3.58. The van der Waals surface area contributed by atoms with Gasteiger partial charge in [0.05, 0.1) is 0 Å². The number of aromatic nitrogens is 2. The fraction of sp³-hybridized carbons (Fsp3) is 0.240. The average molecular weight is 444 g/mol. The van der Waals surface area contributed by atoms with Gasteiger partial charge in [0.1, 0.15) is 18.0 Å². The van der Waals surface area contributed by atoms with E-state index < -0.39 is 0 Å². The zero-order valence-electron chi connectivity index (χ0n) is 18.8. The highest BCUT2D eigenvalue weighted by molar-refractivity contribution is 5.98. The monoisotopic (exact) mass is 443 g/mol. The van der Waals surface area contributed by atoms with Crippen molar-refractivity contribution in [2.75, 3.05) is 54.1 Å². The molecular formula is C25H29N7O. The molecule has 0 bridgehead atoms. The number of carbonyl (C=O) groups is 1. The maximum atomic E-state index is 11.4. The summed E-state index contributed by atoms with van der Waals surface area (Å²) in [6, 6.07) is 18.0. The maximum Gasteiger partial charge on any atom is 0.247 e. The minimum Gasteiger partial charge on any atom is -0.369 e. The quantitative estimate of drug-likeness (QED) is 0.458. The van der Waals surface area contributed by atoms with Crippen molar-refractivity contribution in [1.29, 1.82) is 0 Å². The van der Waals surface area contributed by atoms with Crippen LogP contribution in [0.4, 0.5) is 28.7 Å². The summed E-state index contributed by atoms with van der Waals surface area (Å²) < 4.78 is 0. The Morgan fingerprint density at radius 2 is 1.64 bits per heavy atom. The van der Waals surface area contributed by atoms with Gasteiger partial charge in [0.25, 0.3) is 0 Å². The Labute approximate surface area is 194 Å². The van der Waals surface area contributed by atoms with E-state index >= 15 is 0 Å². The summed E-state index contributed by atoms with van der Waals surface area (Å²) in [5.41, 5.74) is 4.03. The van der Waals surface area contributed by atoms with Crippen LogP contribution in [0.5, 0.6) is 0 Å². The van der Waals surface area contributed by atoms with Crippen molar-refractivity contribution in [1.82, 2.24) is 14.9 Å². The van der Waals surface area contributed by atoms with Crippen LogP contribution >= 0.6 is 0 Å². The first kappa shape index (κ1) is 22.3. The van der Waals surface area contributed by atoms with Gasteiger partial charge in [-0.1, -0.05) is 18.7 Å². The lowest BCUT2D eigenvalue weighted by Gasteiger charge is -2.34. The number of hydrogen-bond acceptors (Lipinski definition) is 7. The molecule has 4 rings (SSSR count). The van der Waals surface area contributed by atoms with Crippen LogP contribution in [-0.4, -0.2) is 54.0 Å². The predicted octanol–water partition coefficient (Wildman–Crippen LogP) is 3.71. The molecule has 0 unspecified atom stereocenters. The lowest BCUT2D eigenvalue weighted by atomic mass is 10.2. The number of hydrogen-bond donors (Lipinski definition) is 3. The molecule has 1 saturated heterocycles. The minimum atomic E-state index is -0.226. The molecule has 1 aromatic heterocycles. The van der Waals surface area contributed by atoms with E-state index in [0.29, 0.717) is 6.54 Å². The van der Waals surface area contributed by atoms with Crippen molar-refractivity contribution >= 4 is 34.6 Å². The largest absolute Gasteiger partial charge is 0.369 e. The lowest BCUT2D eigenvalue weighted by molar-refractivity contribution is -0.111. The van der Waals surface area contributed by atoms with Gasteiger partial charge in [0, 0.05) is 55.9 Å². The summed E-state index contributed by atoms with van der Waals surface area (Å²) in [5, 5.41) is 9.39. The highest BCUT2D eigenvalue weighted by Crippen LogP contribution is 2.22. The van der Waals surface area contributed by atoms with E-state index in [1.54, 1.807) is 0 Å². The van der Waals surface area contributed by atoms with Gasteiger partial charge < -0.3 is 25.8 Å². The normalized spacial score (nSPS) is 13.9. The second-order valence-corrected chi connectivity index (χ2v) is 7.99. The lowest BCUT2D eigenvalue weighted by Crippen LogP contribution is -2.44. The standard InChI is InChI=1S/C25H29N7O/c1-3-25(33)30-21-6-4-19(5-7-21)17-26-23-16-24(28-18-27-23)29-20-8-10-22(11-9-20)32-14-12-31(2)13-15-32/h3-11,16,18H,1,12-15,17H2,2H3,(H,30,33)(H2,26,27,28,29). The van der Waals surface area contributed by atoms with Crippen molar-refractivity contribution in [3.63, 3.8) is 0 Å². The third-order valence-corrected chi connectivity index (χ3v) is 5.56. The van der Waals surface area contributed by atoms with Gasteiger partial charge in [-0.05, 0) is 55.1 Å². The molecule has 0 atom stereocenters. The first-order valence-corrected chi connectivity index (χ1v) is 11.0. The molecule has 0 aliphatic carbocycles. The molecule has 2 heterocycles. The van der Waals surface area contributed by atoms with Crippen LogP contribution in [0.3, 0.4) is 0 Å². The third-order valence-electron chi connectivity index (χ3n) is 5.56. The Bertz CT molecular complexity index is 1070. The second-order valence-electron chi connectivity index (χ2n) is 7.99. The molecule has 0 saturated carbocycles. The Kier molecular flexibility index (Phi) is 7.16. The van der Waals surface area contributed by atoms with E-state index in [0.717, 1.165) is 54.8 Å². The molecule has 1 aliphatic rings. The summed E-state index contributed by atoms with van der Waals surface area (Å²) in [6.45, 7) is 8.34. The summed E-state index contributed by atoms with van der Waals surface area (Å²) in [5.74, 6) is 1.23. The number of anilines is 5. The molecule has 8 heteroatoms. The molecule has 0 spiro atoms. The number of piperazine rings is 1. The average Bonchev–Trinajstić information content (AvgIpc) is 2.85. The first-order chi connectivity index (χ1) is 16.1. The number of likely N-dealkylation sites (N-methyl/N-ethyl adjacent to an activating group) is 1. The van der Waals surface area contributed by atoms with Crippen molar-refractivity contribution in [2.45, 2.75) is 6.54 Å². The maximum absolute atomic E-state index is 11.4. The summed E-state index contributed by atoms with van der Waals surface area (Å²) in [4.78, 5) is 24.8. The van der Waals surface area contributed by atoms with Crippen molar-refractivity contribution < 1.29 is 4.79 Å². The highest BCUT2D eigenvalue weighted by atomic mass is 16.1. The molecule has 1 amide bonds. The predicted molar refractivity (Wildman–Crippen MR) is 134 cm³/mol. The Morgan fingerprint density at radius 3 is 2.33 bits per heavy atom. The number of nitrogens with one attached hydrogen (secondary N) is 3. The van der Waals surface area contributed by atoms with Crippen LogP contribution in [0.2, 0.25) is 0 Å². The van der Waals surface area contributed by atoms with E-state index in [9.17, 15) is 4.79 Å². The summed E-state index contributed by atoms with van der Waals surface area (Å²) in [7, 11) is 2.16. The smallest absolute Gasteiger partial charge is 0.247 e. The van der Waals surface area contributed by atoms with E-state index in [2.05, 4.69) is 73.6 Å². The molecule has 8 nitrogen and oxygen atoms in total. The molecule has 33 heavy (non-hydrogen) atoms. The molecule has 0 radical (unpaired) electrons. The van der Waals surface area contributed by atoms with Gasteiger partial charge in [-0.15, -0.1) is 0 Å². The molecular weight excluding hydrogens is 414 g/mol. The third kappa shape index (κ3) is 6.30. The zero-order chi connectivity index (χ0) is 23.0. The van der Waals surface area contributed by atoms with Crippen LogP contribution in [0.25, 0.3) is 0 Å². The minimum absolute atomic E-state index is 0.226. The first-order valence-electron chi connectivity index (χ1n) is 11.0. The van der Waals surface area contributed by atoms with Gasteiger partial charge in [-0.25, -0.2) is 9.97 Å². The Hall–Kier alpha value is -3.91. The van der Waals surface area contributed by atoms with Crippen LogP contribution in [0, 0.1) is 0 Å². The second kappa shape index (κ2) is 10.6. The highest BCUT2D eigenvalue weighted by Gasteiger charge is 2.14. The fourth-order valence-electron chi connectivity index (χ4n) is 3.58. The van der Waals surface area contributed by atoms with Crippen molar-refractivity contribution in [3.05, 3.63) is 79.1 Å². The van der Waals surface area contributed by atoms with E-state index in [4.69, 9.17) is 0 Å². The summed E-state index contributed by atoms with van der Waals surface area (Å²) >= 11 is 0. The number of nitrogens with zero attached hydrogens (tertiary/aromatic N) is 4. The molecule has 170 valence electrons. The SMILES string of the molecule is C=CC(=O)Nc1ccc(CNc2cc(Nc3ccc(N4CCN(C)CC4)cc3)ncn2)cc1. The molecule has 1 fully saturated rings. The Balaban J connectivity index is 1.31. The Morgan fingerprint density at radius 1 is 0.970 bits per heavy atom. The van der Waals surface area contributed by atoms with Gasteiger partial charge in [-0.3, -0.25) is 4.79 Å². The van der Waals surface area contributed by atoms with Crippen LogP contribution in [0.1, 0.15) is 5.56 Å². The van der Waals surface area contributed by atoms with Gasteiger partial charge in [0.15, 0.2) is 0 Å². The zero-order valence-corrected chi connectivity index (χ0v) is 18.8. The van der Waals surface area contributed by atoms with Gasteiger partial charge in [0.2, 0.25) is 5.91 Å². The number of amides is 1. The molecule has 2 aromatic carbocycles. The van der Waals surface area contributed by atoms with Gasteiger partial charge in [-0.2, -0.15) is 0 Å². The summed E-state index contributed by atoms with van der Waals surface area (Å²) in [6.07, 6.45) is 2.79. The van der Waals surface area contributed by atoms with Crippen LogP contribution in [0.15, 0.2) is 73.6 Å². The molecule has 3 aromatic rings. The molecule has 3 N–H and O–H groups in total. The van der Waals surface area contributed by atoms with Crippen LogP contribution in [-0.2, 0) is 11.3 Å². The molecule has 1 aliphatic heterocycles. The number of rotatable bonds is 8. The van der Waals surface area contributed by atoms with Gasteiger partial charge >= 0.3 is 0 Å². The van der Waals surface area contributed by atoms with E-state index in [1.165, 1.54) is 18.1 Å². The van der Waals surface area contributed by atoms with E-state index in [-0.39, 0.29) is 5.91 Å². The van der Waals surface area contributed by atoms with Crippen molar-refractivity contribution in [2.24, 2.45) is 0 Å².